The zero-order valence-corrected chi connectivity index (χ0v) is 5.97. The summed E-state index contributed by atoms with van der Waals surface area (Å²) >= 11 is 0. The Balaban J connectivity index is 2.57. The lowest BCUT2D eigenvalue weighted by molar-refractivity contribution is 0.163. The SMILES string of the molecule is Fc1cncnc1NCC(F)F. The van der Waals surface area contributed by atoms with Crippen molar-refractivity contribution in [3.05, 3.63) is 18.3 Å². The Bertz CT molecular complexity index is 254. The number of hydrogen-bond acceptors (Lipinski definition) is 3. The lowest BCUT2D eigenvalue weighted by atomic mass is 10.5. The summed E-state index contributed by atoms with van der Waals surface area (Å²) in [5.74, 6) is -0.941. The van der Waals surface area contributed by atoms with Gasteiger partial charge >= 0.3 is 0 Å². The average Bonchev–Trinajstić information content (AvgIpc) is 2.03. The molecule has 0 fully saturated rings. The summed E-state index contributed by atoms with van der Waals surface area (Å²) in [5.41, 5.74) is 0. The lowest BCUT2D eigenvalue weighted by Crippen LogP contribution is -2.12. The first kappa shape index (κ1) is 8.76. The van der Waals surface area contributed by atoms with Gasteiger partial charge in [0.05, 0.1) is 12.7 Å². The molecule has 0 amide bonds. The number of rotatable bonds is 3. The van der Waals surface area contributed by atoms with E-state index in [-0.39, 0.29) is 5.82 Å². The maximum atomic E-state index is 12.6. The summed E-state index contributed by atoms with van der Waals surface area (Å²) in [6.45, 7) is -0.617. The van der Waals surface area contributed by atoms with E-state index in [1.54, 1.807) is 0 Å². The quantitative estimate of drug-likeness (QED) is 0.755. The number of halogens is 3. The van der Waals surface area contributed by atoms with E-state index in [1.807, 2.05) is 0 Å². The van der Waals surface area contributed by atoms with Crippen molar-refractivity contribution in [2.45, 2.75) is 6.43 Å². The third-order valence-electron chi connectivity index (χ3n) is 1.09. The van der Waals surface area contributed by atoms with Crippen LogP contribution in [0.3, 0.4) is 0 Å². The van der Waals surface area contributed by atoms with Crippen LogP contribution < -0.4 is 5.32 Å². The van der Waals surface area contributed by atoms with Crippen molar-refractivity contribution in [2.75, 3.05) is 11.9 Å². The van der Waals surface area contributed by atoms with Crippen LogP contribution in [0.2, 0.25) is 0 Å². The molecule has 6 heteroatoms. The van der Waals surface area contributed by atoms with E-state index in [0.29, 0.717) is 0 Å². The predicted molar refractivity (Wildman–Crippen MR) is 36.5 cm³/mol. The van der Waals surface area contributed by atoms with Gasteiger partial charge in [0, 0.05) is 0 Å². The van der Waals surface area contributed by atoms with Crippen LogP contribution in [0.5, 0.6) is 0 Å². The average molecular weight is 177 g/mol. The highest BCUT2D eigenvalue weighted by atomic mass is 19.3. The molecule has 1 heterocycles. The van der Waals surface area contributed by atoms with Crippen LogP contribution in [-0.4, -0.2) is 22.9 Å². The molecular formula is C6H6F3N3. The van der Waals surface area contributed by atoms with Crippen molar-refractivity contribution >= 4 is 5.82 Å². The molecule has 1 rings (SSSR count). The molecule has 0 bridgehead atoms. The number of aromatic nitrogens is 2. The Morgan fingerprint density at radius 1 is 1.50 bits per heavy atom. The Labute approximate surface area is 66.6 Å². The molecule has 3 nitrogen and oxygen atoms in total. The van der Waals surface area contributed by atoms with E-state index in [9.17, 15) is 13.2 Å². The second kappa shape index (κ2) is 3.89. The summed E-state index contributed by atoms with van der Waals surface area (Å²) in [5, 5.41) is 2.14. The van der Waals surface area contributed by atoms with Gasteiger partial charge in [-0.15, -0.1) is 0 Å². The first-order valence-electron chi connectivity index (χ1n) is 3.17. The number of hydrogen-bond donors (Lipinski definition) is 1. The minimum atomic E-state index is -2.53. The van der Waals surface area contributed by atoms with E-state index in [1.165, 1.54) is 0 Å². The topological polar surface area (TPSA) is 37.8 Å². The van der Waals surface area contributed by atoms with Crippen molar-refractivity contribution in [2.24, 2.45) is 0 Å². The van der Waals surface area contributed by atoms with E-state index in [0.717, 1.165) is 12.5 Å². The maximum absolute atomic E-state index is 12.6. The molecule has 0 aliphatic carbocycles. The van der Waals surface area contributed by atoms with Crippen molar-refractivity contribution in [3.63, 3.8) is 0 Å². The predicted octanol–water partition coefficient (Wildman–Crippen LogP) is 1.29. The second-order valence-corrected chi connectivity index (χ2v) is 1.99. The van der Waals surface area contributed by atoms with Gasteiger partial charge in [-0.1, -0.05) is 0 Å². The zero-order valence-electron chi connectivity index (χ0n) is 5.97. The molecule has 0 saturated carbocycles. The van der Waals surface area contributed by atoms with Crippen LogP contribution in [0.4, 0.5) is 19.0 Å². The van der Waals surface area contributed by atoms with Crippen LogP contribution in [0, 0.1) is 5.82 Å². The normalized spacial score (nSPS) is 10.3. The first-order valence-corrected chi connectivity index (χ1v) is 3.17. The first-order chi connectivity index (χ1) is 5.70. The maximum Gasteiger partial charge on any atom is 0.255 e. The second-order valence-electron chi connectivity index (χ2n) is 1.99. The van der Waals surface area contributed by atoms with Gasteiger partial charge in [0.2, 0.25) is 0 Å². The van der Waals surface area contributed by atoms with Crippen molar-refractivity contribution in [1.29, 1.82) is 0 Å². The summed E-state index contributed by atoms with van der Waals surface area (Å²) in [7, 11) is 0. The van der Waals surface area contributed by atoms with Gasteiger partial charge < -0.3 is 5.32 Å². The van der Waals surface area contributed by atoms with E-state index in [4.69, 9.17) is 0 Å². The Hall–Kier alpha value is -1.33. The molecule has 1 aromatic heterocycles. The molecule has 0 atom stereocenters. The van der Waals surface area contributed by atoms with Gasteiger partial charge in [-0.3, -0.25) is 0 Å². The van der Waals surface area contributed by atoms with Gasteiger partial charge in [-0.2, -0.15) is 0 Å². The minimum absolute atomic E-state index is 0.203. The highest BCUT2D eigenvalue weighted by Crippen LogP contribution is 2.06. The molecule has 0 saturated heterocycles. The van der Waals surface area contributed by atoms with Gasteiger partial charge in [0.15, 0.2) is 11.6 Å². The number of alkyl halides is 2. The molecule has 0 radical (unpaired) electrons. The fraction of sp³-hybridized carbons (Fsp3) is 0.333. The molecule has 0 aromatic carbocycles. The lowest BCUT2D eigenvalue weighted by Gasteiger charge is -2.03. The Morgan fingerprint density at radius 2 is 2.25 bits per heavy atom. The van der Waals surface area contributed by atoms with Crippen molar-refractivity contribution < 1.29 is 13.2 Å². The van der Waals surface area contributed by atoms with Gasteiger partial charge in [0.1, 0.15) is 6.33 Å². The fourth-order valence-corrected chi connectivity index (χ4v) is 0.617. The summed E-state index contributed by atoms with van der Waals surface area (Å²) in [4.78, 5) is 6.78. The largest absolute Gasteiger partial charge is 0.362 e. The number of nitrogens with zero attached hydrogens (tertiary/aromatic N) is 2. The van der Waals surface area contributed by atoms with E-state index in [2.05, 4.69) is 15.3 Å². The van der Waals surface area contributed by atoms with E-state index < -0.39 is 18.8 Å². The summed E-state index contributed by atoms with van der Waals surface area (Å²) in [6, 6.07) is 0. The molecule has 1 N–H and O–H groups in total. The van der Waals surface area contributed by atoms with Crippen LogP contribution in [0.15, 0.2) is 12.5 Å². The van der Waals surface area contributed by atoms with Crippen LogP contribution in [-0.2, 0) is 0 Å². The standard InChI is InChI=1S/C6H6F3N3/c7-4-1-10-3-12-6(4)11-2-5(8)9/h1,3,5H,2H2,(H,10,11,12). The molecule has 0 unspecified atom stereocenters. The van der Waals surface area contributed by atoms with Crippen LogP contribution in [0.1, 0.15) is 0 Å². The molecule has 66 valence electrons. The van der Waals surface area contributed by atoms with Gasteiger partial charge in [-0.25, -0.2) is 23.1 Å². The third-order valence-corrected chi connectivity index (χ3v) is 1.09. The highest BCUT2D eigenvalue weighted by molar-refractivity contribution is 5.33. The minimum Gasteiger partial charge on any atom is -0.362 e. The molecule has 1 aromatic rings. The Kier molecular flexibility index (Phi) is 2.84. The third kappa shape index (κ3) is 2.37. The van der Waals surface area contributed by atoms with E-state index >= 15 is 0 Å². The van der Waals surface area contributed by atoms with Crippen molar-refractivity contribution in [1.82, 2.24) is 9.97 Å². The monoisotopic (exact) mass is 177 g/mol. The zero-order chi connectivity index (χ0) is 8.97. The summed E-state index contributed by atoms with van der Waals surface area (Å²) < 4.78 is 35.9. The fourth-order valence-electron chi connectivity index (χ4n) is 0.617. The molecule has 0 aliphatic rings. The highest BCUT2D eigenvalue weighted by Gasteiger charge is 2.05. The smallest absolute Gasteiger partial charge is 0.255 e. The van der Waals surface area contributed by atoms with Crippen molar-refractivity contribution in [3.8, 4) is 0 Å². The molecular weight excluding hydrogens is 171 g/mol. The number of nitrogens with one attached hydrogen (secondary N) is 1. The van der Waals surface area contributed by atoms with Gasteiger partial charge in [-0.05, 0) is 0 Å². The molecule has 12 heavy (non-hydrogen) atoms. The molecule has 0 aliphatic heterocycles. The van der Waals surface area contributed by atoms with Crippen LogP contribution in [0.25, 0.3) is 0 Å². The Morgan fingerprint density at radius 3 is 2.83 bits per heavy atom. The van der Waals surface area contributed by atoms with Crippen LogP contribution >= 0.6 is 0 Å². The van der Waals surface area contributed by atoms with Gasteiger partial charge in [0.25, 0.3) is 6.43 Å². The molecule has 0 spiro atoms. The summed E-state index contributed by atoms with van der Waals surface area (Å²) in [6.07, 6.45) is -0.545. The number of anilines is 1.